The predicted molar refractivity (Wildman–Crippen MR) is 107 cm³/mol. The van der Waals surface area contributed by atoms with Gasteiger partial charge in [0.1, 0.15) is 5.75 Å². The number of ether oxygens (including phenoxy) is 1. The molecule has 2 aromatic rings. The Morgan fingerprint density at radius 1 is 1.04 bits per heavy atom. The van der Waals surface area contributed by atoms with Gasteiger partial charge in [0.25, 0.3) is 0 Å². The lowest BCUT2D eigenvalue weighted by atomic mass is 10.1. The Balaban J connectivity index is 2.72. The monoisotopic (exact) mass is 430 g/mol. The number of methoxy groups -OCH3 is 1. The van der Waals surface area contributed by atoms with E-state index in [-0.39, 0.29) is 26.7 Å². The Hall–Kier alpha value is -1.93. The molecule has 0 aliphatic rings. The van der Waals surface area contributed by atoms with Crippen molar-refractivity contribution in [1.82, 2.24) is 0 Å². The molecule has 0 bridgehead atoms. The molecule has 0 radical (unpaired) electrons. The summed E-state index contributed by atoms with van der Waals surface area (Å²) in [6, 6.07) is 13.5. The number of halogens is 3. The number of benzene rings is 2. The predicted octanol–water partition coefficient (Wildman–Crippen LogP) is 6.28. The first kappa shape index (κ1) is 22.4. The smallest absolute Gasteiger partial charge is 0.446 e. The standard InChI is InChI=1S/C20H21F3O3S2/c1-3-4-10-18(28(24,25)17-8-6-5-7-9-17)19(27-20(21,22)23)15-11-13-16(26-2)14-12-15/h5-9,11-14H,3-4,10H2,1-2H3/b19-18+. The molecule has 0 saturated carbocycles. The molecule has 152 valence electrons. The summed E-state index contributed by atoms with van der Waals surface area (Å²) in [7, 11) is -2.63. The number of allylic oxidation sites excluding steroid dienone is 1. The summed E-state index contributed by atoms with van der Waals surface area (Å²) in [5.74, 6) is 0.473. The minimum absolute atomic E-state index is 0.0186. The van der Waals surface area contributed by atoms with Gasteiger partial charge in [-0.25, -0.2) is 8.42 Å². The summed E-state index contributed by atoms with van der Waals surface area (Å²) in [5, 5.41) is 0. The molecule has 0 spiro atoms. The summed E-state index contributed by atoms with van der Waals surface area (Å²) in [5.41, 5.74) is -4.44. The van der Waals surface area contributed by atoms with Crippen LogP contribution in [0.5, 0.6) is 5.75 Å². The third kappa shape index (κ3) is 5.78. The molecule has 0 aliphatic carbocycles. The number of rotatable bonds is 8. The van der Waals surface area contributed by atoms with Crippen LogP contribution in [0, 0.1) is 0 Å². The minimum atomic E-state index is -4.63. The summed E-state index contributed by atoms with van der Waals surface area (Å²) in [6.07, 6.45) is 1.14. The van der Waals surface area contributed by atoms with Gasteiger partial charge in [0.15, 0.2) is 0 Å². The number of hydrogen-bond donors (Lipinski definition) is 0. The first-order valence-corrected chi connectivity index (χ1v) is 10.9. The molecule has 8 heteroatoms. The maximum absolute atomic E-state index is 13.3. The Morgan fingerprint density at radius 3 is 2.14 bits per heavy atom. The Kier molecular flexibility index (Phi) is 7.60. The van der Waals surface area contributed by atoms with Gasteiger partial charge in [-0.15, -0.1) is 0 Å². The molecule has 28 heavy (non-hydrogen) atoms. The molecule has 0 heterocycles. The van der Waals surface area contributed by atoms with Crippen LogP contribution in [0.3, 0.4) is 0 Å². The molecule has 0 amide bonds. The van der Waals surface area contributed by atoms with Crippen LogP contribution in [0.15, 0.2) is 64.4 Å². The minimum Gasteiger partial charge on any atom is -0.497 e. The van der Waals surface area contributed by atoms with E-state index in [0.717, 1.165) is 0 Å². The Labute approximate surface area is 167 Å². The number of unbranched alkanes of at least 4 members (excludes halogenated alkanes) is 1. The van der Waals surface area contributed by atoms with Crippen LogP contribution >= 0.6 is 11.8 Å². The summed E-state index contributed by atoms with van der Waals surface area (Å²) < 4.78 is 71.4. The summed E-state index contributed by atoms with van der Waals surface area (Å²) >= 11 is -0.392. The van der Waals surface area contributed by atoms with Crippen LogP contribution in [0.2, 0.25) is 0 Å². The van der Waals surface area contributed by atoms with E-state index in [1.54, 1.807) is 18.2 Å². The van der Waals surface area contributed by atoms with E-state index in [0.29, 0.717) is 18.6 Å². The number of alkyl halides is 3. The van der Waals surface area contributed by atoms with Crippen molar-refractivity contribution in [3.05, 3.63) is 65.1 Å². The average molecular weight is 431 g/mol. The molecule has 0 saturated heterocycles. The van der Waals surface area contributed by atoms with Gasteiger partial charge in [-0.05, 0) is 54.4 Å². The second-order valence-electron chi connectivity index (χ2n) is 5.95. The van der Waals surface area contributed by atoms with Gasteiger partial charge in [0.05, 0.1) is 16.9 Å². The normalized spacial score (nSPS) is 13.2. The quantitative estimate of drug-likeness (QED) is 0.494. The van der Waals surface area contributed by atoms with Crippen molar-refractivity contribution >= 4 is 26.5 Å². The number of hydrogen-bond acceptors (Lipinski definition) is 4. The van der Waals surface area contributed by atoms with E-state index in [4.69, 9.17) is 4.74 Å². The average Bonchev–Trinajstić information content (AvgIpc) is 2.67. The van der Waals surface area contributed by atoms with Crippen molar-refractivity contribution in [1.29, 1.82) is 0 Å². The first-order chi connectivity index (χ1) is 13.2. The molecule has 0 fully saturated rings. The van der Waals surface area contributed by atoms with Gasteiger partial charge in [-0.2, -0.15) is 13.2 Å². The van der Waals surface area contributed by atoms with E-state index in [9.17, 15) is 21.6 Å². The Morgan fingerprint density at radius 2 is 1.64 bits per heavy atom. The summed E-state index contributed by atoms with van der Waals surface area (Å²) in [6.45, 7) is 1.86. The van der Waals surface area contributed by atoms with Crippen molar-refractivity contribution in [2.75, 3.05) is 7.11 Å². The zero-order valence-electron chi connectivity index (χ0n) is 15.5. The highest BCUT2D eigenvalue weighted by Crippen LogP contribution is 2.46. The second-order valence-corrected chi connectivity index (χ2v) is 9.00. The molecular weight excluding hydrogens is 409 g/mol. The molecular formula is C20H21F3O3S2. The molecule has 0 N–H and O–H groups in total. The van der Waals surface area contributed by atoms with E-state index in [1.165, 1.54) is 43.5 Å². The molecule has 0 atom stereocenters. The van der Waals surface area contributed by atoms with Crippen LogP contribution in [-0.4, -0.2) is 21.0 Å². The molecule has 2 aromatic carbocycles. The van der Waals surface area contributed by atoms with Crippen molar-refractivity contribution in [2.24, 2.45) is 0 Å². The van der Waals surface area contributed by atoms with E-state index >= 15 is 0 Å². The number of thioether (sulfide) groups is 1. The molecule has 0 aliphatic heterocycles. The maximum atomic E-state index is 13.3. The molecule has 0 unspecified atom stereocenters. The summed E-state index contributed by atoms with van der Waals surface area (Å²) in [4.78, 5) is -0.532. The van der Waals surface area contributed by atoms with Gasteiger partial charge >= 0.3 is 5.51 Å². The van der Waals surface area contributed by atoms with Crippen molar-refractivity contribution < 1.29 is 26.3 Å². The molecule has 3 nitrogen and oxygen atoms in total. The van der Waals surface area contributed by atoms with Gasteiger partial charge in [-0.1, -0.05) is 43.7 Å². The fourth-order valence-electron chi connectivity index (χ4n) is 2.58. The van der Waals surface area contributed by atoms with Crippen LogP contribution in [0.4, 0.5) is 13.2 Å². The zero-order valence-corrected chi connectivity index (χ0v) is 17.1. The maximum Gasteiger partial charge on any atom is 0.446 e. The largest absolute Gasteiger partial charge is 0.497 e. The SMILES string of the molecule is CCCC/C(=C(\SC(F)(F)F)c1ccc(OC)cc1)S(=O)(=O)c1ccccc1. The third-order valence-electron chi connectivity index (χ3n) is 3.96. The zero-order chi connectivity index (χ0) is 20.8. The highest BCUT2D eigenvalue weighted by Gasteiger charge is 2.35. The fourth-order valence-corrected chi connectivity index (χ4v) is 5.31. The van der Waals surface area contributed by atoms with E-state index in [1.807, 2.05) is 6.92 Å². The lowest BCUT2D eigenvalue weighted by molar-refractivity contribution is -0.0317. The van der Waals surface area contributed by atoms with E-state index in [2.05, 4.69) is 0 Å². The second kappa shape index (κ2) is 9.52. The van der Waals surface area contributed by atoms with Crippen LogP contribution in [0.25, 0.3) is 4.91 Å². The van der Waals surface area contributed by atoms with Gasteiger partial charge in [0.2, 0.25) is 9.84 Å². The number of sulfone groups is 1. The lowest BCUT2D eigenvalue weighted by Crippen LogP contribution is -2.10. The third-order valence-corrected chi connectivity index (χ3v) is 6.96. The van der Waals surface area contributed by atoms with Gasteiger partial charge in [-0.3, -0.25) is 0 Å². The molecule has 0 aromatic heterocycles. The van der Waals surface area contributed by atoms with Crippen LogP contribution < -0.4 is 4.74 Å². The topological polar surface area (TPSA) is 43.4 Å². The van der Waals surface area contributed by atoms with E-state index < -0.39 is 27.1 Å². The Bertz CT molecular complexity index is 904. The first-order valence-electron chi connectivity index (χ1n) is 8.62. The highest BCUT2D eigenvalue weighted by atomic mass is 32.2. The van der Waals surface area contributed by atoms with Crippen molar-refractivity contribution in [3.63, 3.8) is 0 Å². The van der Waals surface area contributed by atoms with Crippen LogP contribution in [-0.2, 0) is 9.84 Å². The lowest BCUT2D eigenvalue weighted by Gasteiger charge is -2.18. The van der Waals surface area contributed by atoms with Crippen molar-refractivity contribution in [2.45, 2.75) is 36.6 Å². The van der Waals surface area contributed by atoms with Crippen LogP contribution in [0.1, 0.15) is 31.7 Å². The van der Waals surface area contributed by atoms with Gasteiger partial charge < -0.3 is 4.74 Å². The van der Waals surface area contributed by atoms with Crippen molar-refractivity contribution in [3.8, 4) is 5.75 Å². The highest BCUT2D eigenvalue weighted by molar-refractivity contribution is 8.10. The van der Waals surface area contributed by atoms with Gasteiger partial charge in [0, 0.05) is 4.91 Å². The fraction of sp³-hybridized carbons (Fsp3) is 0.300. The molecule has 2 rings (SSSR count).